The minimum absolute atomic E-state index is 0.937. The van der Waals surface area contributed by atoms with Crippen LogP contribution in [0.5, 0.6) is 0 Å². The van der Waals surface area contributed by atoms with Crippen LogP contribution in [0, 0.1) is 0 Å². The highest BCUT2D eigenvalue weighted by molar-refractivity contribution is 8.03. The van der Waals surface area contributed by atoms with E-state index < -0.39 is 0 Å². The molecule has 3 rings (SSSR count). The van der Waals surface area contributed by atoms with Gasteiger partial charge < -0.3 is 5.32 Å². The van der Waals surface area contributed by atoms with Crippen LogP contribution in [0.2, 0.25) is 0 Å². The van der Waals surface area contributed by atoms with Crippen LogP contribution in [0.25, 0.3) is 6.08 Å². The molecule has 1 N–H and O–H groups in total. The molecule has 0 saturated heterocycles. The number of fused-ring (bicyclic) bond motifs is 1. The first-order valence-corrected chi connectivity index (χ1v) is 7.07. The van der Waals surface area contributed by atoms with Gasteiger partial charge in [-0.2, -0.15) is 0 Å². The molecule has 0 spiro atoms. The second-order valence-electron chi connectivity index (χ2n) is 4.49. The summed E-state index contributed by atoms with van der Waals surface area (Å²) in [6.45, 7) is 7.69. The predicted molar refractivity (Wildman–Crippen MR) is 85.1 cm³/mol. The molecule has 0 unspecified atom stereocenters. The second kappa shape index (κ2) is 4.98. The molecule has 1 aliphatic heterocycles. The number of thioether (sulfide) groups is 1. The third-order valence-corrected chi connectivity index (χ3v) is 4.33. The highest BCUT2D eigenvalue weighted by Crippen LogP contribution is 2.42. The van der Waals surface area contributed by atoms with E-state index in [9.17, 15) is 0 Å². The zero-order chi connectivity index (χ0) is 13.2. The molecule has 0 saturated carbocycles. The van der Waals surface area contributed by atoms with Gasteiger partial charge >= 0.3 is 0 Å². The van der Waals surface area contributed by atoms with Gasteiger partial charge in [-0.05, 0) is 41.8 Å². The van der Waals surface area contributed by atoms with Gasteiger partial charge in [-0.1, -0.05) is 49.2 Å². The summed E-state index contributed by atoms with van der Waals surface area (Å²) < 4.78 is 0. The monoisotopic (exact) mass is 265 g/mol. The van der Waals surface area contributed by atoms with Gasteiger partial charge in [-0.25, -0.2) is 0 Å². The Morgan fingerprint density at radius 2 is 2.11 bits per heavy atom. The Labute approximate surface area is 118 Å². The Balaban J connectivity index is 2.03. The Bertz CT molecular complexity index is 647. The van der Waals surface area contributed by atoms with Gasteiger partial charge in [0.15, 0.2) is 0 Å². The molecule has 19 heavy (non-hydrogen) atoms. The fraction of sp³-hybridized carbons (Fsp3) is 0.0588. The highest BCUT2D eigenvalue weighted by Gasteiger charge is 2.17. The topological polar surface area (TPSA) is 12.0 Å². The minimum atomic E-state index is 0.937. The van der Waals surface area contributed by atoms with Crippen LogP contribution in [0.3, 0.4) is 0 Å². The van der Waals surface area contributed by atoms with Crippen molar-refractivity contribution >= 4 is 23.5 Å². The van der Waals surface area contributed by atoms with E-state index in [1.807, 2.05) is 12.2 Å². The van der Waals surface area contributed by atoms with E-state index in [0.29, 0.717) is 0 Å². The van der Waals surface area contributed by atoms with Crippen molar-refractivity contribution in [3.05, 3.63) is 77.4 Å². The van der Waals surface area contributed by atoms with E-state index in [1.165, 1.54) is 21.1 Å². The lowest BCUT2D eigenvalue weighted by molar-refractivity contribution is 1.30. The molecule has 0 atom stereocenters. The third-order valence-electron chi connectivity index (χ3n) is 3.21. The van der Waals surface area contributed by atoms with Crippen molar-refractivity contribution in [2.75, 3.05) is 5.32 Å². The fourth-order valence-electron chi connectivity index (χ4n) is 2.15. The van der Waals surface area contributed by atoms with Crippen molar-refractivity contribution in [2.45, 2.75) is 11.3 Å². The van der Waals surface area contributed by atoms with E-state index >= 15 is 0 Å². The largest absolute Gasteiger partial charge is 0.354 e. The number of nitrogens with one attached hydrogen (secondary N) is 1. The summed E-state index contributed by atoms with van der Waals surface area (Å²) in [7, 11) is 0. The predicted octanol–water partition coefficient (Wildman–Crippen LogP) is 5.13. The number of benzene rings is 1. The first kappa shape index (κ1) is 12.1. The van der Waals surface area contributed by atoms with E-state index in [0.717, 1.165) is 17.7 Å². The molecule has 0 radical (unpaired) electrons. The molecule has 2 heteroatoms. The van der Waals surface area contributed by atoms with Crippen LogP contribution >= 0.6 is 11.8 Å². The maximum absolute atomic E-state index is 3.87. The van der Waals surface area contributed by atoms with E-state index in [1.54, 1.807) is 11.8 Å². The molecule has 94 valence electrons. The van der Waals surface area contributed by atoms with E-state index in [4.69, 9.17) is 0 Å². The fourth-order valence-corrected chi connectivity index (χ4v) is 3.25. The summed E-state index contributed by atoms with van der Waals surface area (Å²) >= 11 is 1.80. The van der Waals surface area contributed by atoms with Gasteiger partial charge in [0.25, 0.3) is 0 Å². The van der Waals surface area contributed by atoms with E-state index in [2.05, 4.69) is 54.9 Å². The SMILES string of the molecule is C=CC1=CC2=C(C=CC1)Nc1ccc(C=C)cc1S2. The van der Waals surface area contributed by atoms with Crippen molar-refractivity contribution in [3.8, 4) is 0 Å². The summed E-state index contributed by atoms with van der Waals surface area (Å²) in [5.41, 5.74) is 4.73. The molecule has 0 fully saturated rings. The Morgan fingerprint density at radius 3 is 2.89 bits per heavy atom. The van der Waals surface area contributed by atoms with Crippen molar-refractivity contribution in [1.82, 2.24) is 0 Å². The van der Waals surface area contributed by atoms with Crippen molar-refractivity contribution in [2.24, 2.45) is 0 Å². The third kappa shape index (κ3) is 2.32. The van der Waals surface area contributed by atoms with E-state index in [-0.39, 0.29) is 0 Å². The molecule has 0 bridgehead atoms. The zero-order valence-corrected chi connectivity index (χ0v) is 11.5. The smallest absolute Gasteiger partial charge is 0.0526 e. The Kier molecular flexibility index (Phi) is 3.18. The number of allylic oxidation sites excluding steroid dienone is 5. The molecule has 1 aromatic carbocycles. The number of hydrogen-bond donors (Lipinski definition) is 1. The molecule has 1 aliphatic carbocycles. The molecule has 0 aromatic heterocycles. The van der Waals surface area contributed by atoms with Crippen LogP contribution in [-0.2, 0) is 0 Å². The summed E-state index contributed by atoms with van der Waals surface area (Å²) in [5.74, 6) is 0. The normalized spacial score (nSPS) is 16.7. The van der Waals surface area contributed by atoms with Crippen LogP contribution < -0.4 is 5.32 Å². The molecular formula is C17H15NS. The van der Waals surface area contributed by atoms with Gasteiger partial charge in [0.05, 0.1) is 11.4 Å². The molecule has 1 heterocycles. The maximum atomic E-state index is 3.87. The van der Waals surface area contributed by atoms with Gasteiger partial charge in [-0.15, -0.1) is 0 Å². The maximum Gasteiger partial charge on any atom is 0.0526 e. The van der Waals surface area contributed by atoms with Crippen LogP contribution in [0.1, 0.15) is 12.0 Å². The molecule has 0 amide bonds. The highest BCUT2D eigenvalue weighted by atomic mass is 32.2. The number of hydrogen-bond acceptors (Lipinski definition) is 2. The summed E-state index contributed by atoms with van der Waals surface area (Å²) in [6, 6.07) is 6.36. The second-order valence-corrected chi connectivity index (χ2v) is 5.58. The Morgan fingerprint density at radius 1 is 1.21 bits per heavy atom. The van der Waals surface area contributed by atoms with Crippen LogP contribution in [0.15, 0.2) is 76.7 Å². The quantitative estimate of drug-likeness (QED) is 0.795. The molecular weight excluding hydrogens is 250 g/mol. The minimum Gasteiger partial charge on any atom is -0.354 e. The summed E-state index contributed by atoms with van der Waals surface area (Å²) in [4.78, 5) is 2.49. The van der Waals surface area contributed by atoms with Crippen LogP contribution in [-0.4, -0.2) is 0 Å². The lowest BCUT2D eigenvalue weighted by atomic mass is 10.2. The first-order valence-electron chi connectivity index (χ1n) is 6.25. The van der Waals surface area contributed by atoms with Crippen molar-refractivity contribution < 1.29 is 0 Å². The standard InChI is InChI=1S/C17H15NS/c1-3-12-6-5-7-14-16(10-12)19-17-11-13(4-2)8-9-15(17)18-14/h3-5,7-11,18H,1-2,6H2. The van der Waals surface area contributed by atoms with Crippen LogP contribution in [0.4, 0.5) is 5.69 Å². The Hall–Kier alpha value is -1.93. The van der Waals surface area contributed by atoms with Gasteiger partial charge in [0.1, 0.15) is 0 Å². The van der Waals surface area contributed by atoms with Gasteiger partial charge in [-0.3, -0.25) is 0 Å². The van der Waals surface area contributed by atoms with Gasteiger partial charge in [0, 0.05) is 9.80 Å². The number of anilines is 1. The summed E-state index contributed by atoms with van der Waals surface area (Å²) in [6.07, 6.45) is 11.3. The number of rotatable bonds is 2. The molecule has 2 aliphatic rings. The average molecular weight is 265 g/mol. The molecule has 1 aromatic rings. The first-order chi connectivity index (χ1) is 9.30. The zero-order valence-electron chi connectivity index (χ0n) is 10.6. The van der Waals surface area contributed by atoms with Crippen molar-refractivity contribution in [3.63, 3.8) is 0 Å². The average Bonchev–Trinajstić information content (AvgIpc) is 2.65. The van der Waals surface area contributed by atoms with Crippen molar-refractivity contribution in [1.29, 1.82) is 0 Å². The summed E-state index contributed by atoms with van der Waals surface area (Å²) in [5, 5.41) is 3.49. The lowest BCUT2D eigenvalue weighted by Crippen LogP contribution is -2.05. The molecule has 1 nitrogen and oxygen atoms in total. The lowest BCUT2D eigenvalue weighted by Gasteiger charge is -2.21. The van der Waals surface area contributed by atoms with Gasteiger partial charge in [0.2, 0.25) is 0 Å².